The number of amides is 5. The molecule has 5 saturated heterocycles. The summed E-state index contributed by atoms with van der Waals surface area (Å²) >= 11 is 23.0. The molecule has 22 nitrogen and oxygen atoms in total. The van der Waals surface area contributed by atoms with Gasteiger partial charge < -0.3 is 65.3 Å². The highest BCUT2D eigenvalue weighted by Gasteiger charge is 2.53. The number of aliphatic hydroxyl groups excluding tert-OH is 2. The number of thiazole rings is 3. The first-order valence-electron chi connectivity index (χ1n) is 34.6. The number of rotatable bonds is 18. The van der Waals surface area contributed by atoms with E-state index in [2.05, 4.69) is 37.7 Å². The lowest BCUT2D eigenvalue weighted by atomic mass is 10.0. The number of carboxylic acids is 1. The van der Waals surface area contributed by atoms with Crippen LogP contribution in [0.2, 0.25) is 15.1 Å². The third-order valence-electron chi connectivity index (χ3n) is 18.5. The molecule has 9 atom stereocenters. The fourth-order valence-corrected chi connectivity index (χ4v) is 15.6. The van der Waals surface area contributed by atoms with Gasteiger partial charge in [0, 0.05) is 87.2 Å². The monoisotopic (exact) mass is 1550 g/mol. The summed E-state index contributed by atoms with van der Waals surface area (Å²) < 4.78 is 22.8. The number of hydrogen-bond acceptors (Lipinski definition) is 19. The number of aromatic nitrogens is 3. The molecule has 7 N–H and O–H groups in total. The van der Waals surface area contributed by atoms with Crippen molar-refractivity contribution in [2.45, 2.75) is 152 Å². The number of benzene rings is 6. The van der Waals surface area contributed by atoms with Crippen LogP contribution in [0.1, 0.15) is 118 Å². The van der Waals surface area contributed by atoms with Crippen LogP contribution in [-0.2, 0) is 67.3 Å². The molecule has 9 aromatic rings. The number of halogens is 3. The Labute approximate surface area is 641 Å². The van der Waals surface area contributed by atoms with E-state index >= 15 is 0 Å². The highest BCUT2D eigenvalue weighted by atomic mass is 35.5. The van der Waals surface area contributed by atoms with Crippen molar-refractivity contribution in [2.75, 3.05) is 19.6 Å². The Hall–Kier alpha value is -8.38. The zero-order chi connectivity index (χ0) is 75.2. The van der Waals surface area contributed by atoms with Crippen LogP contribution in [0.4, 0.5) is 0 Å². The van der Waals surface area contributed by atoms with E-state index in [9.17, 15) is 44.1 Å². The van der Waals surface area contributed by atoms with E-state index in [1.54, 1.807) is 95.5 Å². The number of likely N-dealkylation sites (tertiary alicyclic amines) is 3. The van der Waals surface area contributed by atoms with Gasteiger partial charge in [-0.05, 0) is 136 Å². The van der Waals surface area contributed by atoms with Crippen LogP contribution in [0.5, 0.6) is 0 Å². The van der Waals surface area contributed by atoms with Crippen molar-refractivity contribution in [1.82, 2.24) is 40.3 Å². The molecule has 14 rings (SSSR count). The first kappa shape index (κ1) is 78.7. The highest BCUT2D eigenvalue weighted by molar-refractivity contribution is 7.08. The van der Waals surface area contributed by atoms with Crippen LogP contribution in [0.25, 0.3) is 33.8 Å². The molecule has 0 radical (unpaired) electrons. The average Bonchev–Trinajstić information content (AvgIpc) is 1.66. The zero-order valence-electron chi connectivity index (χ0n) is 58.5. The summed E-state index contributed by atoms with van der Waals surface area (Å²) in [7, 11) is 0. The van der Waals surface area contributed by atoms with Gasteiger partial charge in [0.2, 0.25) is 0 Å². The van der Waals surface area contributed by atoms with E-state index in [1.165, 1.54) is 16.2 Å². The van der Waals surface area contributed by atoms with Gasteiger partial charge in [-0.2, -0.15) is 0 Å². The summed E-state index contributed by atoms with van der Waals surface area (Å²) in [4.78, 5) is 94.3. The van der Waals surface area contributed by atoms with Crippen LogP contribution in [0.15, 0.2) is 178 Å². The molecular weight excluding hydrogens is 1470 g/mol. The van der Waals surface area contributed by atoms with Gasteiger partial charge in [0.15, 0.2) is 48.2 Å². The number of nitrogens with two attached hydrogens (primary N) is 1. The molecule has 0 spiro atoms. The maximum absolute atomic E-state index is 13.6. The number of nitrogens with one attached hydrogen (secondary N) is 2. The van der Waals surface area contributed by atoms with Crippen molar-refractivity contribution in [2.24, 2.45) is 5.73 Å². The number of ether oxygens (including phenoxy) is 4. The Morgan fingerprint density at radius 2 is 0.858 bits per heavy atom. The molecule has 5 amide bonds. The fourth-order valence-electron chi connectivity index (χ4n) is 13.4. The largest absolute Gasteiger partial charge is 0.479 e. The number of carbonyl (C=O) groups excluding carboxylic acids is 5. The molecule has 5 aliphatic rings. The lowest BCUT2D eigenvalue weighted by molar-refractivity contribution is -0.167. The molecule has 3 aromatic heterocycles. The molecule has 0 bridgehead atoms. The summed E-state index contributed by atoms with van der Waals surface area (Å²) in [6.07, 6.45) is -3.39. The van der Waals surface area contributed by atoms with Crippen LogP contribution in [-0.4, -0.2) is 148 Å². The van der Waals surface area contributed by atoms with E-state index in [4.69, 9.17) is 59.5 Å². The van der Waals surface area contributed by atoms with Crippen molar-refractivity contribution in [3.05, 3.63) is 227 Å². The van der Waals surface area contributed by atoms with Crippen LogP contribution in [0, 0.1) is 0 Å². The van der Waals surface area contributed by atoms with Gasteiger partial charge in [-0.1, -0.05) is 144 Å². The van der Waals surface area contributed by atoms with E-state index in [0.717, 1.165) is 106 Å². The van der Waals surface area contributed by atoms with Gasteiger partial charge in [0.05, 0.1) is 51.7 Å². The molecule has 6 aromatic carbocycles. The van der Waals surface area contributed by atoms with E-state index < -0.39 is 66.0 Å². The molecule has 3 unspecified atom stereocenters. The van der Waals surface area contributed by atoms with Crippen molar-refractivity contribution < 1.29 is 63.0 Å². The minimum Gasteiger partial charge on any atom is -0.479 e. The van der Waals surface area contributed by atoms with Crippen LogP contribution in [0.3, 0.4) is 0 Å². The number of nitrogens with zero attached hydrogens (tertiary/aromatic N) is 6. The van der Waals surface area contributed by atoms with Crippen molar-refractivity contribution >= 4 is 104 Å². The maximum atomic E-state index is 13.6. The van der Waals surface area contributed by atoms with Gasteiger partial charge in [0.1, 0.15) is 0 Å². The molecule has 0 saturated carbocycles. The van der Waals surface area contributed by atoms with Crippen molar-refractivity contribution in [1.29, 1.82) is 0 Å². The van der Waals surface area contributed by atoms with Gasteiger partial charge in [0.25, 0.3) is 29.5 Å². The van der Waals surface area contributed by atoms with Gasteiger partial charge in [-0.3, -0.25) is 24.0 Å². The molecule has 5 fully saturated rings. The zero-order valence-corrected chi connectivity index (χ0v) is 63.3. The molecule has 556 valence electrons. The third-order valence-corrected chi connectivity index (χ3v) is 21.0. The summed E-state index contributed by atoms with van der Waals surface area (Å²) in [5.41, 5.74) is 22.6. The summed E-state index contributed by atoms with van der Waals surface area (Å²) in [6.45, 7) is 9.30. The number of carbonyl (C=O) groups is 6. The Morgan fingerprint density at radius 3 is 1.24 bits per heavy atom. The van der Waals surface area contributed by atoms with E-state index in [-0.39, 0.29) is 42.4 Å². The lowest BCUT2D eigenvalue weighted by Crippen LogP contribution is -2.50. The topological polar surface area (TPSA) is 299 Å². The molecular formula is C78H82Cl3N9O13S3. The van der Waals surface area contributed by atoms with Crippen LogP contribution < -0.4 is 16.4 Å². The Kier molecular flexibility index (Phi) is 26.7. The second-order valence-electron chi connectivity index (χ2n) is 26.8. The number of hydrogen-bond donors (Lipinski definition) is 6. The lowest BCUT2D eigenvalue weighted by Gasteiger charge is -2.28. The highest BCUT2D eigenvalue weighted by Crippen LogP contribution is 2.40. The van der Waals surface area contributed by atoms with Gasteiger partial charge in [-0.15, -0.1) is 34.0 Å². The SMILES string of the molecule is CC1(C)O[C@@H](C(=O)NCc2ccc(-c3cscn3)cc2)[C@H](C(=O)N2CCCC2c2cccc(Cl)c2)O1.CC1(C)O[C@@H](C(=O)O)[C@H](C(=O)N2CCCC2c2cccc(Cl)c2)O1.NCc1ccc(-c2cscn2)cc1.O=C(NCc1ccc(-c2cscn2)cc1)[C@H](O)[C@@H](O)C(=O)N1CCCC1c1cccc(Cl)c1. The molecule has 0 aliphatic carbocycles. The second-order valence-corrected chi connectivity index (χ2v) is 30.2. The third kappa shape index (κ3) is 20.1. The maximum Gasteiger partial charge on any atom is 0.336 e. The summed E-state index contributed by atoms with van der Waals surface area (Å²) in [5.74, 6) is -5.80. The molecule has 5 aliphatic heterocycles. The Bertz CT molecular complexity index is 4450. The normalized spacial score (nSPS) is 21.1. The predicted molar refractivity (Wildman–Crippen MR) is 407 cm³/mol. The minimum atomic E-state index is -1.87. The van der Waals surface area contributed by atoms with Gasteiger partial charge >= 0.3 is 5.97 Å². The molecule has 28 heteroatoms. The summed E-state index contributed by atoms with van der Waals surface area (Å²) in [6, 6.07) is 45.2. The van der Waals surface area contributed by atoms with Crippen molar-refractivity contribution in [3.8, 4) is 33.8 Å². The van der Waals surface area contributed by atoms with E-state index in [1.807, 2.05) is 131 Å². The Balaban J connectivity index is 0.000000148. The summed E-state index contributed by atoms with van der Waals surface area (Å²) in [5, 5.41) is 43.4. The van der Waals surface area contributed by atoms with Crippen LogP contribution >= 0.6 is 68.8 Å². The smallest absolute Gasteiger partial charge is 0.336 e. The number of aliphatic hydroxyl groups is 2. The average molecular weight is 1560 g/mol. The molecule has 8 heterocycles. The first-order valence-corrected chi connectivity index (χ1v) is 38.6. The quantitative estimate of drug-likeness (QED) is 0.0465. The molecule has 106 heavy (non-hydrogen) atoms. The van der Waals surface area contributed by atoms with Crippen molar-refractivity contribution in [3.63, 3.8) is 0 Å². The van der Waals surface area contributed by atoms with E-state index in [0.29, 0.717) is 47.8 Å². The van der Waals surface area contributed by atoms with Gasteiger partial charge in [-0.25, -0.2) is 19.7 Å². The predicted octanol–water partition coefficient (Wildman–Crippen LogP) is 13.0. The number of carboxylic acid groups (broad SMARTS) is 1. The second kappa shape index (κ2) is 36.0. The number of aliphatic carboxylic acids is 1. The fraction of sp³-hybridized carbons (Fsp3) is 0.346. The Morgan fingerprint density at radius 1 is 0.500 bits per heavy atom. The first-order chi connectivity index (χ1) is 50.9. The minimum absolute atomic E-state index is 0.108. The standard InChI is InChI=1S/C27H28ClN3O4S.C24H24ClN3O4S.C17H20ClNO5.C10H10N2S/c1-27(2)34-23(25(32)29-14-17-8-10-18(11-9-17)21-15-36-16-30-21)24(35-27)26(33)31-12-4-7-22(31)19-5-3-6-20(28)13-19;25-18-4-1-3-17(11-18)20-5-2-10-28(20)24(32)22(30)21(29)23(31)26-12-15-6-8-16(9-7-15)19-13-33-14-27-19;1-17(2)23-13(14(24-17)16(21)22)15(20)19-8-4-7-12(19)10-5-3-6-11(18)9-10;11-5-8-1-3-9(4-2-8)10-6-13-7-12-10/h3,5-6,8-11,13,15-16,22-24H,4,7,12,14H2,1-2H3,(H,29,32);1,3-4,6-9,11,13-14,20-22,29-30H,2,5,10,12H2,(H,26,31);3,5-6,9,12-14H,4,7-8H2,1-2H3,(H,21,22);1-4,6-7H,5,11H2/t22?,23-,24-;20?,21-,22-;12?,13-,14-;/m111./s1.